The first kappa shape index (κ1) is 13.7. The van der Waals surface area contributed by atoms with Gasteiger partial charge in [0.25, 0.3) is 5.91 Å². The molecule has 0 aliphatic carbocycles. The maximum absolute atomic E-state index is 12.6. The SMILES string of the molecule is Nc1cc(Cl)ccc1C(=O)N1CCN2CCCCC2C1. The lowest BCUT2D eigenvalue weighted by Gasteiger charge is -2.44. The van der Waals surface area contributed by atoms with Crippen molar-refractivity contribution in [3.8, 4) is 0 Å². The number of fused-ring (bicyclic) bond motifs is 1. The van der Waals surface area contributed by atoms with Gasteiger partial charge in [0.2, 0.25) is 0 Å². The van der Waals surface area contributed by atoms with E-state index in [1.54, 1.807) is 18.2 Å². The summed E-state index contributed by atoms with van der Waals surface area (Å²) in [4.78, 5) is 17.0. The van der Waals surface area contributed by atoms with E-state index in [0.29, 0.717) is 22.3 Å². The summed E-state index contributed by atoms with van der Waals surface area (Å²) in [5.41, 5.74) is 6.95. The maximum atomic E-state index is 12.6. The molecule has 2 heterocycles. The highest BCUT2D eigenvalue weighted by molar-refractivity contribution is 6.31. The van der Waals surface area contributed by atoms with Crippen molar-refractivity contribution in [3.05, 3.63) is 28.8 Å². The summed E-state index contributed by atoms with van der Waals surface area (Å²) in [7, 11) is 0. The molecule has 2 aliphatic heterocycles. The second kappa shape index (κ2) is 5.62. The van der Waals surface area contributed by atoms with Gasteiger partial charge in [0.05, 0.1) is 5.56 Å². The fraction of sp³-hybridized carbons (Fsp3) is 0.533. The van der Waals surface area contributed by atoms with E-state index >= 15 is 0 Å². The van der Waals surface area contributed by atoms with Crippen molar-refractivity contribution >= 4 is 23.2 Å². The van der Waals surface area contributed by atoms with Gasteiger partial charge in [0, 0.05) is 36.4 Å². The predicted octanol–water partition coefficient (Wildman–Crippen LogP) is 2.23. The molecule has 0 radical (unpaired) electrons. The van der Waals surface area contributed by atoms with Crippen molar-refractivity contribution in [2.24, 2.45) is 0 Å². The lowest BCUT2D eigenvalue weighted by atomic mass is 9.99. The molecule has 5 heteroatoms. The van der Waals surface area contributed by atoms with Gasteiger partial charge in [-0.2, -0.15) is 0 Å². The highest BCUT2D eigenvalue weighted by Gasteiger charge is 2.31. The molecule has 1 atom stereocenters. The van der Waals surface area contributed by atoms with Crippen LogP contribution in [0.25, 0.3) is 0 Å². The van der Waals surface area contributed by atoms with Crippen molar-refractivity contribution in [1.29, 1.82) is 0 Å². The Morgan fingerprint density at radius 1 is 1.25 bits per heavy atom. The molecule has 1 amide bonds. The number of carbonyl (C=O) groups excluding carboxylic acids is 1. The summed E-state index contributed by atoms with van der Waals surface area (Å²) in [5, 5.41) is 0.566. The number of hydrogen-bond donors (Lipinski definition) is 1. The first-order valence-electron chi connectivity index (χ1n) is 7.23. The molecule has 1 aromatic rings. The van der Waals surface area contributed by atoms with Crippen LogP contribution in [0.2, 0.25) is 5.02 Å². The normalized spacial score (nSPS) is 23.4. The highest BCUT2D eigenvalue weighted by Crippen LogP contribution is 2.24. The van der Waals surface area contributed by atoms with Crippen molar-refractivity contribution < 1.29 is 4.79 Å². The number of anilines is 1. The number of amides is 1. The Hall–Kier alpha value is -1.26. The quantitative estimate of drug-likeness (QED) is 0.808. The van der Waals surface area contributed by atoms with Crippen LogP contribution >= 0.6 is 11.6 Å². The van der Waals surface area contributed by atoms with Gasteiger partial charge in [-0.15, -0.1) is 0 Å². The molecule has 108 valence electrons. The number of piperazine rings is 1. The van der Waals surface area contributed by atoms with Gasteiger partial charge in [-0.1, -0.05) is 18.0 Å². The summed E-state index contributed by atoms with van der Waals surface area (Å²) in [6.07, 6.45) is 3.75. The van der Waals surface area contributed by atoms with Gasteiger partial charge in [-0.3, -0.25) is 9.69 Å². The van der Waals surface area contributed by atoms with Crippen LogP contribution in [0.3, 0.4) is 0 Å². The predicted molar refractivity (Wildman–Crippen MR) is 81.0 cm³/mol. The average molecular weight is 294 g/mol. The van der Waals surface area contributed by atoms with Gasteiger partial charge < -0.3 is 10.6 Å². The molecular formula is C15H20ClN3O. The summed E-state index contributed by atoms with van der Waals surface area (Å²) < 4.78 is 0. The van der Waals surface area contributed by atoms with Crippen molar-refractivity contribution in [1.82, 2.24) is 9.80 Å². The third-order valence-electron chi connectivity index (χ3n) is 4.37. The third-order valence-corrected chi connectivity index (χ3v) is 4.60. The van der Waals surface area contributed by atoms with Crippen LogP contribution in [0.5, 0.6) is 0 Å². The molecule has 0 bridgehead atoms. The molecule has 2 fully saturated rings. The van der Waals surface area contributed by atoms with Gasteiger partial charge in [-0.25, -0.2) is 0 Å². The first-order valence-corrected chi connectivity index (χ1v) is 7.61. The number of piperidine rings is 1. The molecule has 1 unspecified atom stereocenters. The number of nitrogens with two attached hydrogens (primary N) is 1. The van der Waals surface area contributed by atoms with E-state index in [0.717, 1.165) is 19.6 Å². The monoisotopic (exact) mass is 293 g/mol. The van der Waals surface area contributed by atoms with E-state index in [9.17, 15) is 4.79 Å². The second-order valence-corrected chi connectivity index (χ2v) is 6.10. The van der Waals surface area contributed by atoms with Gasteiger partial charge in [-0.05, 0) is 37.6 Å². The van der Waals surface area contributed by atoms with E-state index in [1.165, 1.54) is 25.8 Å². The molecule has 1 aromatic carbocycles. The first-order chi connectivity index (χ1) is 9.65. The second-order valence-electron chi connectivity index (χ2n) is 5.67. The third kappa shape index (κ3) is 2.63. The smallest absolute Gasteiger partial charge is 0.256 e. The number of halogens is 1. The van der Waals surface area contributed by atoms with E-state index < -0.39 is 0 Å². The Bertz CT molecular complexity index is 520. The van der Waals surface area contributed by atoms with Gasteiger partial charge in [0.15, 0.2) is 0 Å². The highest BCUT2D eigenvalue weighted by atomic mass is 35.5. The number of benzene rings is 1. The molecule has 3 rings (SSSR count). The summed E-state index contributed by atoms with van der Waals surface area (Å²) in [6, 6.07) is 5.62. The van der Waals surface area contributed by atoms with Crippen molar-refractivity contribution in [3.63, 3.8) is 0 Å². The average Bonchev–Trinajstić information content (AvgIpc) is 2.46. The number of carbonyl (C=O) groups is 1. The molecule has 0 aromatic heterocycles. The zero-order valence-corrected chi connectivity index (χ0v) is 12.3. The van der Waals surface area contributed by atoms with E-state index in [1.807, 2.05) is 4.90 Å². The minimum absolute atomic E-state index is 0.0318. The molecular weight excluding hydrogens is 274 g/mol. The minimum atomic E-state index is 0.0318. The zero-order chi connectivity index (χ0) is 14.1. The van der Waals surface area contributed by atoms with Crippen LogP contribution in [0.4, 0.5) is 5.69 Å². The van der Waals surface area contributed by atoms with Crippen LogP contribution in [0.15, 0.2) is 18.2 Å². The summed E-state index contributed by atoms with van der Waals surface area (Å²) >= 11 is 5.89. The van der Waals surface area contributed by atoms with Crippen molar-refractivity contribution in [2.75, 3.05) is 31.9 Å². The van der Waals surface area contributed by atoms with Gasteiger partial charge in [0.1, 0.15) is 0 Å². The number of nitrogens with zero attached hydrogens (tertiary/aromatic N) is 2. The van der Waals surface area contributed by atoms with Crippen LogP contribution < -0.4 is 5.73 Å². The Labute approximate surface area is 124 Å². The van der Waals surface area contributed by atoms with Gasteiger partial charge >= 0.3 is 0 Å². The minimum Gasteiger partial charge on any atom is -0.398 e. The Kier molecular flexibility index (Phi) is 3.85. The number of rotatable bonds is 1. The zero-order valence-electron chi connectivity index (χ0n) is 11.5. The molecule has 4 nitrogen and oxygen atoms in total. The van der Waals surface area contributed by atoms with Crippen LogP contribution in [-0.4, -0.2) is 47.9 Å². The fourth-order valence-electron chi connectivity index (χ4n) is 3.24. The van der Waals surface area contributed by atoms with E-state index in [2.05, 4.69) is 4.90 Å². The Balaban J connectivity index is 1.74. The molecule has 2 N–H and O–H groups in total. The summed E-state index contributed by atoms with van der Waals surface area (Å²) in [6.45, 7) is 3.76. The van der Waals surface area contributed by atoms with Crippen LogP contribution in [0, 0.1) is 0 Å². The van der Waals surface area contributed by atoms with E-state index in [-0.39, 0.29) is 5.91 Å². The number of hydrogen-bond acceptors (Lipinski definition) is 3. The number of nitrogen functional groups attached to an aromatic ring is 1. The Morgan fingerprint density at radius 3 is 2.90 bits per heavy atom. The fourth-order valence-corrected chi connectivity index (χ4v) is 3.42. The lowest BCUT2D eigenvalue weighted by molar-refractivity contribution is 0.0373. The molecule has 0 saturated carbocycles. The van der Waals surface area contributed by atoms with Crippen molar-refractivity contribution in [2.45, 2.75) is 25.3 Å². The Morgan fingerprint density at radius 2 is 2.10 bits per heavy atom. The van der Waals surface area contributed by atoms with Crippen LogP contribution in [0.1, 0.15) is 29.6 Å². The van der Waals surface area contributed by atoms with Crippen LogP contribution in [-0.2, 0) is 0 Å². The maximum Gasteiger partial charge on any atom is 0.256 e. The molecule has 0 spiro atoms. The molecule has 2 aliphatic rings. The molecule has 20 heavy (non-hydrogen) atoms. The lowest BCUT2D eigenvalue weighted by Crippen LogP contribution is -2.56. The molecule has 2 saturated heterocycles. The summed E-state index contributed by atoms with van der Waals surface area (Å²) in [5.74, 6) is 0.0318. The van der Waals surface area contributed by atoms with E-state index in [4.69, 9.17) is 17.3 Å². The largest absolute Gasteiger partial charge is 0.398 e. The standard InChI is InChI=1S/C15H20ClN3O/c16-11-4-5-13(14(17)9-11)15(20)19-8-7-18-6-2-1-3-12(18)10-19/h4-5,9,12H,1-3,6-8,10,17H2. The topological polar surface area (TPSA) is 49.6 Å².